The monoisotopic (exact) mass is 1000 g/mol. The number of hydrogen-bond acceptors (Lipinski definition) is 13. The van der Waals surface area contributed by atoms with Crippen LogP contribution in [0.3, 0.4) is 0 Å². The van der Waals surface area contributed by atoms with E-state index in [9.17, 15) is 29.1 Å². The first kappa shape index (κ1) is 51.9. The molecule has 0 spiro atoms. The first-order valence-electron chi connectivity index (χ1n) is 25.4. The molecule has 0 radical (unpaired) electrons. The summed E-state index contributed by atoms with van der Waals surface area (Å²) in [5, 5.41) is 20.6. The maximum absolute atomic E-state index is 14.1. The molecule has 3 aliphatic rings. The van der Waals surface area contributed by atoms with Gasteiger partial charge in [-0.1, -0.05) is 70.7 Å². The van der Waals surface area contributed by atoms with Gasteiger partial charge in [0.15, 0.2) is 0 Å². The highest BCUT2D eigenvalue weighted by molar-refractivity contribution is 7.13. The Morgan fingerprint density at radius 2 is 1.61 bits per heavy atom. The van der Waals surface area contributed by atoms with Gasteiger partial charge in [0.25, 0.3) is 5.91 Å². The zero-order chi connectivity index (χ0) is 51.1. The molecule has 0 bridgehead atoms. The number of carbonyl (C=O) groups excluding carboxylic acids is 5. The number of aryl methyl sites for hydroxylation is 1. The van der Waals surface area contributed by atoms with Crippen LogP contribution in [0.25, 0.3) is 21.5 Å². The zero-order valence-corrected chi connectivity index (χ0v) is 43.3. The Kier molecular flexibility index (Phi) is 16.5. The number of unbranched alkanes of at least 4 members (excludes halogenated alkanes) is 3. The van der Waals surface area contributed by atoms with E-state index in [2.05, 4.69) is 40.4 Å². The number of benzene rings is 1. The Labute approximate surface area is 426 Å². The van der Waals surface area contributed by atoms with Gasteiger partial charge in [-0.15, -0.1) is 11.3 Å². The van der Waals surface area contributed by atoms with Gasteiger partial charge in [0.05, 0.1) is 34.1 Å². The topological polar surface area (TPSA) is 211 Å². The summed E-state index contributed by atoms with van der Waals surface area (Å²) in [5.41, 5.74) is 6.44. The molecule has 5 aromatic rings. The molecule has 5 amide bonds. The number of amides is 5. The smallest absolute Gasteiger partial charge is 0.270 e. The fourth-order valence-electron chi connectivity index (χ4n) is 10.1. The molecule has 1 unspecified atom stereocenters. The van der Waals surface area contributed by atoms with Crippen LogP contribution in [0.2, 0.25) is 0 Å². The van der Waals surface area contributed by atoms with Crippen LogP contribution < -0.4 is 20.9 Å². The number of likely N-dealkylation sites (tertiary alicyclic amines) is 1. The van der Waals surface area contributed by atoms with Crippen molar-refractivity contribution in [3.05, 3.63) is 77.3 Å². The minimum Gasteiger partial charge on any atom is -0.391 e. The van der Waals surface area contributed by atoms with Crippen LogP contribution in [-0.2, 0) is 25.7 Å². The highest BCUT2D eigenvalue weighted by Crippen LogP contribution is 2.35. The summed E-state index contributed by atoms with van der Waals surface area (Å²) < 4.78 is 2.09. The number of fused-ring (bicyclic) bond motifs is 1. The number of thiazole rings is 1. The van der Waals surface area contributed by atoms with Gasteiger partial charge in [-0.2, -0.15) is 4.98 Å². The molecule has 8 rings (SSSR count). The van der Waals surface area contributed by atoms with E-state index in [0.29, 0.717) is 56.5 Å². The molecule has 4 N–H and O–H groups in total. The number of nitrogens with one attached hydrogen (secondary N) is 3. The lowest BCUT2D eigenvalue weighted by Gasteiger charge is -2.36. The molecule has 72 heavy (non-hydrogen) atoms. The van der Waals surface area contributed by atoms with E-state index in [0.717, 1.165) is 83.4 Å². The minimum atomic E-state index is -0.891. The molecule has 3 fully saturated rings. The number of anilines is 3. The van der Waals surface area contributed by atoms with Gasteiger partial charge in [-0.05, 0) is 67.3 Å². The Hall–Kier alpha value is -6.47. The van der Waals surface area contributed by atoms with Crippen LogP contribution in [0.15, 0.2) is 60.4 Å². The van der Waals surface area contributed by atoms with Crippen LogP contribution in [0.5, 0.6) is 0 Å². The molecule has 1 aliphatic carbocycles. The third-order valence-electron chi connectivity index (χ3n) is 14.1. The van der Waals surface area contributed by atoms with Crippen molar-refractivity contribution >= 4 is 69.4 Å². The van der Waals surface area contributed by atoms with Gasteiger partial charge < -0.3 is 45.2 Å². The average Bonchev–Trinajstić information content (AvgIpc) is 4.20. The van der Waals surface area contributed by atoms with E-state index in [1.807, 2.05) is 86.8 Å². The summed E-state index contributed by atoms with van der Waals surface area (Å²) in [7, 11) is 3.53. The number of piperazine rings is 1. The summed E-state index contributed by atoms with van der Waals surface area (Å²) in [4.78, 5) is 93.7. The van der Waals surface area contributed by atoms with Crippen molar-refractivity contribution in [1.82, 2.24) is 49.8 Å². The molecular weight excluding hydrogens is 933 g/mol. The van der Waals surface area contributed by atoms with Crippen molar-refractivity contribution in [2.45, 2.75) is 129 Å². The number of carbonyl (C=O) groups is 5. The van der Waals surface area contributed by atoms with Crippen molar-refractivity contribution in [2.24, 2.45) is 5.41 Å². The molecule has 2 aliphatic heterocycles. The van der Waals surface area contributed by atoms with Crippen LogP contribution in [-0.4, -0.2) is 139 Å². The average molecular weight is 1000 g/mol. The van der Waals surface area contributed by atoms with Crippen LogP contribution in [0.4, 0.5) is 17.5 Å². The summed E-state index contributed by atoms with van der Waals surface area (Å²) in [6.07, 6.45) is 10.7. The molecule has 2 saturated heterocycles. The summed E-state index contributed by atoms with van der Waals surface area (Å²) >= 11 is 1.58. The number of pyridine rings is 1. The van der Waals surface area contributed by atoms with Crippen molar-refractivity contribution in [3.8, 4) is 10.4 Å². The van der Waals surface area contributed by atoms with Gasteiger partial charge in [-0.25, -0.2) is 15.0 Å². The molecule has 6 heterocycles. The van der Waals surface area contributed by atoms with Crippen molar-refractivity contribution in [3.63, 3.8) is 0 Å². The fraction of sp³-hybridized carbons (Fsp3) is 0.528. The molecule has 3 atom stereocenters. The van der Waals surface area contributed by atoms with Gasteiger partial charge in [0.1, 0.15) is 29.2 Å². The lowest BCUT2D eigenvalue weighted by atomic mass is 9.85. The molecule has 1 aromatic carbocycles. The van der Waals surface area contributed by atoms with Gasteiger partial charge in [0, 0.05) is 90.3 Å². The van der Waals surface area contributed by atoms with E-state index >= 15 is 0 Å². The second-order valence-electron chi connectivity index (χ2n) is 20.8. The summed E-state index contributed by atoms with van der Waals surface area (Å²) in [6, 6.07) is 12.2. The van der Waals surface area contributed by atoms with Gasteiger partial charge >= 0.3 is 0 Å². The van der Waals surface area contributed by atoms with Crippen LogP contribution in [0, 0.1) is 12.3 Å². The third kappa shape index (κ3) is 12.4. The zero-order valence-electron chi connectivity index (χ0n) is 42.5. The van der Waals surface area contributed by atoms with E-state index in [-0.39, 0.29) is 61.5 Å². The van der Waals surface area contributed by atoms with Gasteiger partial charge in [0.2, 0.25) is 29.6 Å². The Balaban J connectivity index is 0.737. The van der Waals surface area contributed by atoms with E-state index in [1.165, 1.54) is 4.90 Å². The first-order chi connectivity index (χ1) is 34.5. The second kappa shape index (κ2) is 22.9. The maximum Gasteiger partial charge on any atom is 0.270 e. The van der Waals surface area contributed by atoms with Crippen LogP contribution in [0.1, 0.15) is 119 Å². The van der Waals surface area contributed by atoms with E-state index in [1.54, 1.807) is 36.5 Å². The van der Waals surface area contributed by atoms with Crippen molar-refractivity contribution < 1.29 is 29.1 Å². The largest absolute Gasteiger partial charge is 0.391 e. The number of aliphatic hydroxyl groups excluding tert-OH is 1. The number of nitrogens with zero attached hydrogens (tertiary/aromatic N) is 9. The van der Waals surface area contributed by atoms with E-state index < -0.39 is 23.6 Å². The predicted molar refractivity (Wildman–Crippen MR) is 279 cm³/mol. The normalized spacial score (nSPS) is 17.8. The molecule has 4 aromatic heterocycles. The third-order valence-corrected chi connectivity index (χ3v) is 15.1. The molecule has 384 valence electrons. The van der Waals surface area contributed by atoms with Crippen LogP contribution >= 0.6 is 11.3 Å². The highest BCUT2D eigenvalue weighted by Gasteiger charge is 2.44. The summed E-state index contributed by atoms with van der Waals surface area (Å²) in [5.74, 6) is 0.107. The maximum atomic E-state index is 14.1. The highest BCUT2D eigenvalue weighted by atomic mass is 32.1. The Morgan fingerprint density at radius 3 is 2.26 bits per heavy atom. The lowest BCUT2D eigenvalue weighted by molar-refractivity contribution is -0.144. The molecule has 19 heteroatoms. The summed E-state index contributed by atoms with van der Waals surface area (Å²) in [6.45, 7) is 10.5. The number of rotatable bonds is 18. The Morgan fingerprint density at radius 1 is 0.889 bits per heavy atom. The predicted octanol–water partition coefficient (Wildman–Crippen LogP) is 6.62. The standard InChI is InChI=1S/C53H70N12O6S/c1-34-46(72-33-57-34)36-19-17-35(18-20-36)29-55-49(69)41-28-40(66)32-64(41)51(71)47(53(2,3)4)59-44(67)15-9-7-8-10-16-45(68)63-25-23-62(24-26-63)39-21-22-43(54-31-39)58-52-56-30-37-27-42(50(70)61(5)6)65(48(37)60-52)38-13-11-12-14-38/h17-22,27,30-31,33,38,40-41,47,66H,7-16,23-26,28-29,32H2,1-6H3,(H,55,69)(H,59,67)(H,54,56,58,60)/t40-,41+,47?/m1/s1. The minimum absolute atomic E-state index is 0.0109. The number of hydrogen-bond donors (Lipinski definition) is 4. The Bertz CT molecular complexity index is 2700. The molecule has 1 saturated carbocycles. The first-order valence-corrected chi connectivity index (χ1v) is 26.3. The molecular formula is C53H70N12O6S. The molecule has 18 nitrogen and oxygen atoms in total. The number of aliphatic hydroxyl groups is 1. The SMILES string of the molecule is Cc1ncsc1-c1ccc(CNC(=O)[C@@H]2C[C@@H](O)CN2C(=O)C(NC(=O)CCCCCCC(=O)N2CCN(c3ccc(Nc4ncc5cc(C(=O)N(C)C)n(C6CCCC6)c5n4)nc3)CC2)C(C)(C)C)cc1. The van der Waals surface area contributed by atoms with Crippen molar-refractivity contribution in [1.29, 1.82) is 0 Å². The van der Waals surface area contributed by atoms with Gasteiger partial charge in [-0.3, -0.25) is 24.0 Å². The fourth-order valence-corrected chi connectivity index (χ4v) is 10.9. The van der Waals surface area contributed by atoms with Crippen molar-refractivity contribution in [2.75, 3.05) is 57.0 Å². The number of aromatic nitrogens is 5. The lowest BCUT2D eigenvalue weighted by Crippen LogP contribution is -2.57. The number of β-amino-alcohol motifs (C(OH)–C–C–N with tert-alkyl or cyclic N) is 1. The quantitative estimate of drug-likeness (QED) is 0.0683. The second-order valence-corrected chi connectivity index (χ2v) is 21.6. The van der Waals surface area contributed by atoms with E-state index in [4.69, 9.17) is 4.98 Å².